The van der Waals surface area contributed by atoms with E-state index in [1.165, 1.54) is 0 Å². The van der Waals surface area contributed by atoms with Crippen LogP contribution in [0.25, 0.3) is 10.9 Å². The minimum atomic E-state index is -0.889. The van der Waals surface area contributed by atoms with Gasteiger partial charge >= 0.3 is 5.97 Å². The Morgan fingerprint density at radius 3 is 2.94 bits per heavy atom. The molecule has 0 fully saturated rings. The van der Waals surface area contributed by atoms with Crippen LogP contribution in [0, 0.1) is 0 Å². The molecular formula is C13H13ClN2O2. The molecule has 18 heavy (non-hydrogen) atoms. The monoisotopic (exact) mass is 264 g/mol. The smallest absolute Gasteiger partial charge is 0.320 e. The molecule has 1 aromatic carbocycles. The number of rotatable bonds is 4. The van der Waals surface area contributed by atoms with Gasteiger partial charge in [-0.05, 0) is 19.1 Å². The first kappa shape index (κ1) is 12.8. The molecule has 2 aromatic rings. The zero-order valence-corrected chi connectivity index (χ0v) is 10.6. The van der Waals surface area contributed by atoms with Crippen LogP contribution >= 0.6 is 11.6 Å². The number of para-hydroxylation sites is 1. The molecular weight excluding hydrogens is 252 g/mol. The van der Waals surface area contributed by atoms with Crippen molar-refractivity contribution in [3.63, 3.8) is 0 Å². The molecule has 94 valence electrons. The number of carboxylic acids is 1. The first-order valence-electron chi connectivity index (χ1n) is 5.58. The molecule has 1 heterocycles. The van der Waals surface area contributed by atoms with Gasteiger partial charge in [0.1, 0.15) is 11.2 Å². The summed E-state index contributed by atoms with van der Waals surface area (Å²) in [6.07, 6.45) is 0. The third-order valence-corrected chi connectivity index (χ3v) is 3.05. The number of carboxylic acid groups (broad SMARTS) is 1. The van der Waals surface area contributed by atoms with E-state index in [1.54, 1.807) is 6.92 Å². The van der Waals surface area contributed by atoms with Gasteiger partial charge in [0, 0.05) is 17.5 Å². The van der Waals surface area contributed by atoms with Gasteiger partial charge in [-0.15, -0.1) is 0 Å². The van der Waals surface area contributed by atoms with Crippen molar-refractivity contribution in [1.82, 2.24) is 10.3 Å². The van der Waals surface area contributed by atoms with E-state index < -0.39 is 12.0 Å². The first-order chi connectivity index (χ1) is 8.58. The van der Waals surface area contributed by atoms with Gasteiger partial charge in [0.25, 0.3) is 0 Å². The highest BCUT2D eigenvalue weighted by atomic mass is 35.5. The molecule has 0 aliphatic carbocycles. The fraction of sp³-hybridized carbons (Fsp3) is 0.231. The highest BCUT2D eigenvalue weighted by Crippen LogP contribution is 2.20. The van der Waals surface area contributed by atoms with E-state index in [0.717, 1.165) is 16.5 Å². The molecule has 0 aliphatic heterocycles. The Labute approximate surface area is 110 Å². The SMILES string of the molecule is C[C@H](NCc1cc2ccccc2nc1Cl)C(=O)O. The number of hydrogen-bond donors (Lipinski definition) is 2. The number of hydrogen-bond acceptors (Lipinski definition) is 3. The van der Waals surface area contributed by atoms with Crippen LogP contribution in [-0.2, 0) is 11.3 Å². The van der Waals surface area contributed by atoms with Gasteiger partial charge in [-0.3, -0.25) is 4.79 Å². The maximum atomic E-state index is 10.7. The Morgan fingerprint density at radius 2 is 2.22 bits per heavy atom. The number of fused-ring (bicyclic) bond motifs is 1. The third kappa shape index (κ3) is 2.78. The van der Waals surface area contributed by atoms with Crippen LogP contribution in [0.3, 0.4) is 0 Å². The van der Waals surface area contributed by atoms with E-state index in [4.69, 9.17) is 16.7 Å². The average molecular weight is 265 g/mol. The molecule has 0 spiro atoms. The van der Waals surface area contributed by atoms with Crippen LogP contribution in [0.5, 0.6) is 0 Å². The highest BCUT2D eigenvalue weighted by molar-refractivity contribution is 6.30. The Balaban J connectivity index is 2.23. The largest absolute Gasteiger partial charge is 0.480 e. The van der Waals surface area contributed by atoms with Crippen molar-refractivity contribution in [2.24, 2.45) is 0 Å². The van der Waals surface area contributed by atoms with Crippen LogP contribution in [0.2, 0.25) is 5.15 Å². The second-order valence-corrected chi connectivity index (χ2v) is 4.43. The van der Waals surface area contributed by atoms with Gasteiger partial charge < -0.3 is 10.4 Å². The molecule has 0 saturated carbocycles. The summed E-state index contributed by atoms with van der Waals surface area (Å²) in [7, 11) is 0. The van der Waals surface area contributed by atoms with E-state index in [2.05, 4.69) is 10.3 Å². The van der Waals surface area contributed by atoms with Gasteiger partial charge in [-0.1, -0.05) is 29.8 Å². The number of halogens is 1. The number of nitrogens with one attached hydrogen (secondary N) is 1. The Kier molecular flexibility index (Phi) is 3.79. The van der Waals surface area contributed by atoms with Crippen molar-refractivity contribution < 1.29 is 9.90 Å². The number of aliphatic carboxylic acids is 1. The minimum Gasteiger partial charge on any atom is -0.480 e. The molecule has 1 atom stereocenters. The summed E-state index contributed by atoms with van der Waals surface area (Å²) in [6.45, 7) is 1.97. The van der Waals surface area contributed by atoms with Crippen LogP contribution in [0.1, 0.15) is 12.5 Å². The van der Waals surface area contributed by atoms with E-state index in [0.29, 0.717) is 11.7 Å². The summed E-state index contributed by atoms with van der Waals surface area (Å²) >= 11 is 6.07. The lowest BCUT2D eigenvalue weighted by Crippen LogP contribution is -2.33. The lowest BCUT2D eigenvalue weighted by atomic mass is 10.1. The molecule has 0 radical (unpaired) electrons. The summed E-state index contributed by atoms with van der Waals surface area (Å²) in [5.74, 6) is -0.889. The molecule has 0 amide bonds. The van der Waals surface area contributed by atoms with Crippen molar-refractivity contribution in [1.29, 1.82) is 0 Å². The molecule has 4 nitrogen and oxygen atoms in total. The molecule has 0 unspecified atom stereocenters. The average Bonchev–Trinajstić information content (AvgIpc) is 2.35. The topological polar surface area (TPSA) is 62.2 Å². The normalized spacial score (nSPS) is 12.6. The van der Waals surface area contributed by atoms with E-state index in [9.17, 15) is 4.79 Å². The molecule has 2 rings (SSSR count). The van der Waals surface area contributed by atoms with Gasteiger partial charge in [-0.2, -0.15) is 0 Å². The Bertz CT molecular complexity index is 586. The summed E-state index contributed by atoms with van der Waals surface area (Å²) in [5.41, 5.74) is 1.63. The Morgan fingerprint density at radius 1 is 1.50 bits per heavy atom. The first-order valence-corrected chi connectivity index (χ1v) is 5.96. The van der Waals surface area contributed by atoms with Gasteiger partial charge in [0.15, 0.2) is 0 Å². The summed E-state index contributed by atoms with van der Waals surface area (Å²) in [4.78, 5) is 15.0. The predicted molar refractivity (Wildman–Crippen MR) is 70.7 cm³/mol. The molecule has 1 aromatic heterocycles. The quantitative estimate of drug-likeness (QED) is 0.833. The molecule has 5 heteroatoms. The number of aromatic nitrogens is 1. The maximum Gasteiger partial charge on any atom is 0.320 e. The predicted octanol–water partition coefficient (Wildman–Crippen LogP) is 2.45. The Hall–Kier alpha value is -1.65. The lowest BCUT2D eigenvalue weighted by molar-refractivity contribution is -0.139. The fourth-order valence-electron chi connectivity index (χ4n) is 1.61. The van der Waals surface area contributed by atoms with E-state index in [-0.39, 0.29) is 0 Å². The van der Waals surface area contributed by atoms with Crippen LogP contribution in [-0.4, -0.2) is 22.1 Å². The summed E-state index contributed by atoms with van der Waals surface area (Å²) in [5, 5.41) is 13.1. The number of pyridine rings is 1. The van der Waals surface area contributed by atoms with Gasteiger partial charge in [-0.25, -0.2) is 4.98 Å². The second-order valence-electron chi connectivity index (χ2n) is 4.07. The van der Waals surface area contributed by atoms with E-state index in [1.807, 2.05) is 30.3 Å². The van der Waals surface area contributed by atoms with E-state index >= 15 is 0 Å². The zero-order chi connectivity index (χ0) is 13.1. The van der Waals surface area contributed by atoms with Crippen LogP contribution in [0.4, 0.5) is 0 Å². The lowest BCUT2D eigenvalue weighted by Gasteiger charge is -2.10. The van der Waals surface area contributed by atoms with Crippen LogP contribution < -0.4 is 5.32 Å². The highest BCUT2D eigenvalue weighted by Gasteiger charge is 2.11. The van der Waals surface area contributed by atoms with Crippen molar-refractivity contribution >= 4 is 28.5 Å². The summed E-state index contributed by atoms with van der Waals surface area (Å²) < 4.78 is 0. The zero-order valence-electron chi connectivity index (χ0n) is 9.85. The van der Waals surface area contributed by atoms with Crippen molar-refractivity contribution in [3.8, 4) is 0 Å². The third-order valence-electron chi connectivity index (χ3n) is 2.72. The second kappa shape index (κ2) is 5.33. The van der Waals surface area contributed by atoms with Crippen LogP contribution in [0.15, 0.2) is 30.3 Å². The van der Waals surface area contributed by atoms with Gasteiger partial charge in [0.2, 0.25) is 0 Å². The summed E-state index contributed by atoms with van der Waals surface area (Å²) in [6, 6.07) is 8.96. The fourth-order valence-corrected chi connectivity index (χ4v) is 1.82. The number of nitrogens with zero attached hydrogens (tertiary/aromatic N) is 1. The van der Waals surface area contributed by atoms with Crippen molar-refractivity contribution in [3.05, 3.63) is 41.0 Å². The van der Waals surface area contributed by atoms with Gasteiger partial charge in [0.05, 0.1) is 5.52 Å². The molecule has 0 aliphatic rings. The van der Waals surface area contributed by atoms with Crippen molar-refractivity contribution in [2.75, 3.05) is 0 Å². The standard InChI is InChI=1S/C13H13ClN2O2/c1-8(13(17)18)15-7-10-6-9-4-2-3-5-11(9)16-12(10)14/h2-6,8,15H,7H2,1H3,(H,17,18)/t8-/m0/s1. The molecule has 2 N–H and O–H groups in total. The number of carbonyl (C=O) groups is 1. The minimum absolute atomic E-state index is 0.379. The molecule has 0 bridgehead atoms. The number of benzene rings is 1. The maximum absolute atomic E-state index is 10.7. The van der Waals surface area contributed by atoms with Crippen molar-refractivity contribution in [2.45, 2.75) is 19.5 Å². The molecule has 0 saturated heterocycles.